The van der Waals surface area contributed by atoms with Gasteiger partial charge in [0, 0.05) is 23.7 Å². The van der Waals surface area contributed by atoms with E-state index in [1.54, 1.807) is 6.07 Å². The van der Waals surface area contributed by atoms with Crippen molar-refractivity contribution in [3.05, 3.63) is 23.5 Å². The molecule has 0 spiro atoms. The monoisotopic (exact) mass is 173 g/mol. The van der Waals surface area contributed by atoms with Gasteiger partial charge in [0.25, 0.3) is 0 Å². The van der Waals surface area contributed by atoms with Gasteiger partial charge in [-0.1, -0.05) is 17.8 Å². The van der Waals surface area contributed by atoms with E-state index < -0.39 is 0 Å². The quantitative estimate of drug-likeness (QED) is 0.313. The predicted octanol–water partition coefficient (Wildman–Crippen LogP) is 0.326. The van der Waals surface area contributed by atoms with Crippen LogP contribution in [0, 0.1) is 6.07 Å². The van der Waals surface area contributed by atoms with Crippen LogP contribution in [0.1, 0.15) is 0 Å². The third-order valence-electron chi connectivity index (χ3n) is 0.685. The van der Waals surface area contributed by atoms with Crippen LogP contribution in [0.25, 0.3) is 0 Å². The Morgan fingerprint density at radius 1 is 1.67 bits per heavy atom. The zero-order valence-corrected chi connectivity index (χ0v) is 6.66. The molecular formula is C5H2BClNV-. The number of hydrogen-bond acceptors (Lipinski definition) is 1. The van der Waals surface area contributed by atoms with Crippen molar-refractivity contribution in [1.82, 2.24) is 4.98 Å². The van der Waals surface area contributed by atoms with Crippen molar-refractivity contribution in [3.63, 3.8) is 0 Å². The third-order valence-corrected chi connectivity index (χ3v) is 0.892. The summed E-state index contributed by atoms with van der Waals surface area (Å²) in [6, 6.07) is 4.21. The molecule has 1 heterocycles. The van der Waals surface area contributed by atoms with Crippen LogP contribution in [0.15, 0.2) is 12.3 Å². The van der Waals surface area contributed by atoms with Gasteiger partial charge in [-0.2, -0.15) is 0 Å². The van der Waals surface area contributed by atoms with Crippen LogP contribution in [-0.4, -0.2) is 12.8 Å². The van der Waals surface area contributed by atoms with Crippen LogP contribution >= 0.6 is 11.6 Å². The zero-order chi connectivity index (χ0) is 5.98. The number of hydrogen-bond donors (Lipinski definition) is 0. The van der Waals surface area contributed by atoms with E-state index in [-0.39, 0.29) is 18.6 Å². The maximum Gasteiger partial charge on any atom is 0.0375 e. The van der Waals surface area contributed by atoms with Crippen molar-refractivity contribution in [3.8, 4) is 0 Å². The Kier molecular flexibility index (Phi) is 4.03. The maximum atomic E-state index is 5.39. The first kappa shape index (κ1) is 9.09. The van der Waals surface area contributed by atoms with Crippen molar-refractivity contribution in [2.75, 3.05) is 0 Å². The van der Waals surface area contributed by atoms with Crippen LogP contribution in [-0.2, 0) is 18.6 Å². The Morgan fingerprint density at radius 3 is 2.67 bits per heavy atom. The predicted molar refractivity (Wildman–Crippen MR) is 33.5 cm³/mol. The molecule has 0 aliphatic carbocycles. The molecule has 0 atom stereocenters. The summed E-state index contributed by atoms with van der Waals surface area (Å²) in [6.45, 7) is 0. The Bertz CT molecular complexity index is 156. The smallest absolute Gasteiger partial charge is 0.0375 e. The molecule has 4 heteroatoms. The summed E-state index contributed by atoms with van der Waals surface area (Å²) in [6.07, 6.45) is 1.48. The summed E-state index contributed by atoms with van der Waals surface area (Å²) in [7, 11) is 5.27. The fourth-order valence-electron chi connectivity index (χ4n) is 0.349. The van der Waals surface area contributed by atoms with Gasteiger partial charge in [-0.05, 0) is 7.85 Å². The number of aromatic nitrogens is 1. The van der Waals surface area contributed by atoms with Gasteiger partial charge in [0.1, 0.15) is 0 Å². The normalized spacial score (nSPS) is 8.11. The molecule has 0 saturated heterocycles. The Labute approximate surface area is 72.1 Å². The molecule has 1 rings (SSSR count). The van der Waals surface area contributed by atoms with E-state index in [1.165, 1.54) is 6.20 Å². The fraction of sp³-hybridized carbons (Fsp3) is 0. The molecule has 0 unspecified atom stereocenters. The second-order valence-corrected chi connectivity index (χ2v) is 1.70. The second-order valence-electron chi connectivity index (χ2n) is 1.34. The molecule has 0 aliphatic heterocycles. The molecule has 0 bridgehead atoms. The molecule has 0 aromatic carbocycles. The van der Waals surface area contributed by atoms with Crippen molar-refractivity contribution in [2.24, 2.45) is 0 Å². The molecule has 3 radical (unpaired) electrons. The van der Waals surface area contributed by atoms with Crippen LogP contribution in [0.4, 0.5) is 0 Å². The zero-order valence-electron chi connectivity index (χ0n) is 4.50. The van der Waals surface area contributed by atoms with Gasteiger partial charge in [0.2, 0.25) is 0 Å². The first-order valence-electron chi connectivity index (χ1n) is 2.08. The van der Waals surface area contributed by atoms with E-state index >= 15 is 0 Å². The van der Waals surface area contributed by atoms with Gasteiger partial charge >= 0.3 is 0 Å². The van der Waals surface area contributed by atoms with E-state index in [1.807, 2.05) is 0 Å². The number of rotatable bonds is 0. The van der Waals surface area contributed by atoms with E-state index in [0.717, 1.165) is 0 Å². The molecule has 0 N–H and O–H groups in total. The van der Waals surface area contributed by atoms with Gasteiger partial charge in [0.05, 0.1) is 0 Å². The maximum absolute atomic E-state index is 5.39. The standard InChI is InChI=1S/C5H2BClN.V/c6-4-1-2-5(7)8-3-4;/h1,3H;/q-1;. The molecule has 9 heavy (non-hydrogen) atoms. The average molecular weight is 173 g/mol. The van der Waals surface area contributed by atoms with Crippen molar-refractivity contribution in [1.29, 1.82) is 0 Å². The number of nitrogens with zero attached hydrogens (tertiary/aromatic N) is 1. The van der Waals surface area contributed by atoms with Crippen LogP contribution < -0.4 is 5.46 Å². The largest absolute Gasteiger partial charge is 0.285 e. The first-order chi connectivity index (χ1) is 3.79. The van der Waals surface area contributed by atoms with Crippen LogP contribution in [0.2, 0.25) is 5.15 Å². The molecule has 0 aliphatic rings. The Balaban J connectivity index is 0.000000640. The summed E-state index contributed by atoms with van der Waals surface area (Å²) in [4.78, 5) is 3.66. The molecular weight excluding hydrogens is 171 g/mol. The molecule has 0 fully saturated rings. The van der Waals surface area contributed by atoms with Gasteiger partial charge in [0.15, 0.2) is 0 Å². The SMILES string of the molecule is [B]c1c[c-]c(Cl)nc1.[V]. The summed E-state index contributed by atoms with van der Waals surface area (Å²) in [5, 5.41) is 0.346. The third kappa shape index (κ3) is 2.95. The van der Waals surface area contributed by atoms with Gasteiger partial charge in [-0.15, -0.1) is 0 Å². The minimum atomic E-state index is 0. The van der Waals surface area contributed by atoms with E-state index in [4.69, 9.17) is 19.4 Å². The summed E-state index contributed by atoms with van der Waals surface area (Å²) >= 11 is 5.39. The van der Waals surface area contributed by atoms with Crippen LogP contribution in [0.3, 0.4) is 0 Å². The summed E-state index contributed by atoms with van der Waals surface area (Å²) < 4.78 is 0. The van der Waals surface area contributed by atoms with Crippen LogP contribution in [0.5, 0.6) is 0 Å². The fourth-order valence-corrected chi connectivity index (χ4v) is 0.452. The molecule has 0 saturated carbocycles. The summed E-state index contributed by atoms with van der Waals surface area (Å²) in [5.74, 6) is 0. The Hall–Kier alpha value is 0.0894. The molecule has 1 aromatic rings. The molecule has 0 amide bonds. The van der Waals surface area contributed by atoms with Gasteiger partial charge < -0.3 is 0 Å². The van der Waals surface area contributed by atoms with Gasteiger partial charge in [-0.3, -0.25) is 4.98 Å². The first-order valence-corrected chi connectivity index (χ1v) is 2.45. The minimum Gasteiger partial charge on any atom is -0.285 e. The van der Waals surface area contributed by atoms with Crippen molar-refractivity contribution >= 4 is 24.9 Å². The summed E-state index contributed by atoms with van der Waals surface area (Å²) in [5.41, 5.74) is 0.578. The van der Waals surface area contributed by atoms with E-state index in [2.05, 4.69) is 11.1 Å². The van der Waals surface area contributed by atoms with Crippen molar-refractivity contribution < 1.29 is 18.6 Å². The van der Waals surface area contributed by atoms with E-state index in [9.17, 15) is 0 Å². The minimum absolute atomic E-state index is 0. The second kappa shape index (κ2) is 3.99. The number of pyridine rings is 1. The van der Waals surface area contributed by atoms with E-state index in [0.29, 0.717) is 10.6 Å². The van der Waals surface area contributed by atoms with Crippen molar-refractivity contribution in [2.45, 2.75) is 0 Å². The molecule has 1 aromatic heterocycles. The topological polar surface area (TPSA) is 12.9 Å². The number of halogens is 1. The average Bonchev–Trinajstić information content (AvgIpc) is 1.77. The molecule has 1 nitrogen and oxygen atoms in total. The van der Waals surface area contributed by atoms with Gasteiger partial charge in [-0.25, -0.2) is 17.6 Å². The molecule has 43 valence electrons. The Morgan fingerprint density at radius 2 is 2.33 bits per heavy atom.